The molecule has 1 atom stereocenters. The van der Waals surface area contributed by atoms with E-state index in [9.17, 15) is 0 Å². The fourth-order valence-electron chi connectivity index (χ4n) is 1.45. The molecule has 0 aromatic carbocycles. The minimum absolute atomic E-state index is 0.817. The predicted molar refractivity (Wildman–Crippen MR) is 53.4 cm³/mol. The number of nitrogens with zero attached hydrogens (tertiary/aromatic N) is 1. The molecule has 74 valence electrons. The average Bonchev–Trinajstić information content (AvgIpc) is 1.97. The molecule has 0 bridgehead atoms. The molecule has 0 aliphatic heterocycles. The highest BCUT2D eigenvalue weighted by atomic mass is 16.5. The lowest BCUT2D eigenvalue weighted by Gasteiger charge is -2.16. The second-order valence-corrected chi connectivity index (χ2v) is 3.86. The van der Waals surface area contributed by atoms with Crippen LogP contribution in [0, 0.1) is 5.92 Å². The molecule has 0 radical (unpaired) electrons. The minimum Gasteiger partial charge on any atom is -0.385 e. The smallest absolute Gasteiger partial charge is 0.0462 e. The summed E-state index contributed by atoms with van der Waals surface area (Å²) >= 11 is 0. The van der Waals surface area contributed by atoms with Crippen LogP contribution in [0.1, 0.15) is 26.2 Å². The van der Waals surface area contributed by atoms with E-state index in [-0.39, 0.29) is 0 Å². The fourth-order valence-corrected chi connectivity index (χ4v) is 1.45. The molecule has 0 aliphatic rings. The Labute approximate surface area is 76.9 Å². The monoisotopic (exact) mass is 173 g/mol. The zero-order chi connectivity index (χ0) is 9.40. The lowest BCUT2D eigenvalue weighted by atomic mass is 10.0. The molecule has 2 nitrogen and oxygen atoms in total. The third-order valence-electron chi connectivity index (χ3n) is 1.97. The molecule has 0 rings (SSSR count). The van der Waals surface area contributed by atoms with Crippen molar-refractivity contribution in [2.45, 2.75) is 26.2 Å². The van der Waals surface area contributed by atoms with Crippen molar-refractivity contribution in [3.05, 3.63) is 0 Å². The van der Waals surface area contributed by atoms with Gasteiger partial charge in [0.2, 0.25) is 0 Å². The van der Waals surface area contributed by atoms with Gasteiger partial charge in [-0.15, -0.1) is 0 Å². The normalized spacial score (nSPS) is 13.8. The van der Waals surface area contributed by atoms with E-state index in [1.165, 1.54) is 25.8 Å². The van der Waals surface area contributed by atoms with E-state index >= 15 is 0 Å². The predicted octanol–water partition coefficient (Wildman–Crippen LogP) is 2.00. The Bertz CT molecular complexity index is 93.8. The molecule has 0 spiro atoms. The summed E-state index contributed by atoms with van der Waals surface area (Å²) in [7, 11) is 6.03. The summed E-state index contributed by atoms with van der Waals surface area (Å²) < 4.78 is 4.99. The molecule has 2 heteroatoms. The lowest BCUT2D eigenvalue weighted by molar-refractivity contribution is 0.189. The molecule has 1 unspecified atom stereocenters. The number of unbranched alkanes of at least 4 members (excludes halogenated alkanes) is 1. The van der Waals surface area contributed by atoms with Gasteiger partial charge in [0.1, 0.15) is 0 Å². The molecular formula is C10H23NO. The molecule has 0 aliphatic carbocycles. The fraction of sp³-hybridized carbons (Fsp3) is 1.00. The van der Waals surface area contributed by atoms with Crippen LogP contribution in [-0.4, -0.2) is 39.3 Å². The number of hydrogen-bond acceptors (Lipinski definition) is 2. The van der Waals surface area contributed by atoms with Crippen LogP contribution in [-0.2, 0) is 4.74 Å². The maximum atomic E-state index is 4.99. The van der Waals surface area contributed by atoms with E-state index in [0.717, 1.165) is 12.5 Å². The highest BCUT2D eigenvalue weighted by Crippen LogP contribution is 2.08. The van der Waals surface area contributed by atoms with Gasteiger partial charge >= 0.3 is 0 Å². The van der Waals surface area contributed by atoms with Crippen LogP contribution < -0.4 is 0 Å². The summed E-state index contributed by atoms with van der Waals surface area (Å²) in [4.78, 5) is 2.25. The molecule has 0 aromatic rings. The van der Waals surface area contributed by atoms with Crippen molar-refractivity contribution in [1.82, 2.24) is 4.90 Å². The van der Waals surface area contributed by atoms with Gasteiger partial charge in [-0.3, -0.25) is 0 Å². The van der Waals surface area contributed by atoms with Gasteiger partial charge in [-0.05, 0) is 32.9 Å². The second-order valence-electron chi connectivity index (χ2n) is 3.86. The highest BCUT2D eigenvalue weighted by Gasteiger charge is 2.02. The largest absolute Gasteiger partial charge is 0.385 e. The number of methoxy groups -OCH3 is 1. The van der Waals surface area contributed by atoms with Crippen molar-refractivity contribution in [3.63, 3.8) is 0 Å². The van der Waals surface area contributed by atoms with Gasteiger partial charge in [0.25, 0.3) is 0 Å². The third-order valence-corrected chi connectivity index (χ3v) is 1.97. The van der Waals surface area contributed by atoms with E-state index in [0.29, 0.717) is 0 Å². The summed E-state index contributed by atoms with van der Waals surface area (Å²) in [6.45, 7) is 4.43. The Morgan fingerprint density at radius 3 is 2.42 bits per heavy atom. The van der Waals surface area contributed by atoms with Crippen molar-refractivity contribution in [2.24, 2.45) is 5.92 Å². The Balaban J connectivity index is 3.14. The van der Waals surface area contributed by atoms with Gasteiger partial charge in [0.15, 0.2) is 0 Å². The van der Waals surface area contributed by atoms with Gasteiger partial charge in [0.05, 0.1) is 0 Å². The maximum absolute atomic E-state index is 4.99. The van der Waals surface area contributed by atoms with Gasteiger partial charge in [-0.1, -0.05) is 13.3 Å². The van der Waals surface area contributed by atoms with E-state index in [1.807, 2.05) is 0 Å². The quantitative estimate of drug-likeness (QED) is 0.546. The number of hydrogen-bond donors (Lipinski definition) is 0. The molecule has 0 saturated carbocycles. The van der Waals surface area contributed by atoms with Crippen molar-refractivity contribution >= 4 is 0 Å². The van der Waals surface area contributed by atoms with Gasteiger partial charge in [0, 0.05) is 20.3 Å². The van der Waals surface area contributed by atoms with Crippen LogP contribution in [0.2, 0.25) is 0 Å². The molecule has 0 N–H and O–H groups in total. The van der Waals surface area contributed by atoms with Gasteiger partial charge in [-0.2, -0.15) is 0 Å². The molecule has 0 heterocycles. The third kappa shape index (κ3) is 8.02. The van der Waals surface area contributed by atoms with Crippen LogP contribution in [0.3, 0.4) is 0 Å². The van der Waals surface area contributed by atoms with E-state index < -0.39 is 0 Å². The summed E-state index contributed by atoms with van der Waals surface area (Å²) in [6, 6.07) is 0. The molecule has 0 amide bonds. The van der Waals surface area contributed by atoms with Crippen molar-refractivity contribution in [2.75, 3.05) is 34.4 Å². The van der Waals surface area contributed by atoms with Gasteiger partial charge < -0.3 is 9.64 Å². The molecular weight excluding hydrogens is 150 g/mol. The topological polar surface area (TPSA) is 12.5 Å². The van der Waals surface area contributed by atoms with Crippen LogP contribution in [0.15, 0.2) is 0 Å². The first-order valence-electron chi connectivity index (χ1n) is 4.80. The first kappa shape index (κ1) is 11.9. The summed E-state index contributed by atoms with van der Waals surface area (Å²) in [5.41, 5.74) is 0. The molecule has 0 aromatic heterocycles. The first-order chi connectivity index (χ1) is 5.66. The Morgan fingerprint density at radius 1 is 1.25 bits per heavy atom. The van der Waals surface area contributed by atoms with Crippen molar-refractivity contribution < 1.29 is 4.74 Å². The van der Waals surface area contributed by atoms with Crippen LogP contribution in [0.4, 0.5) is 0 Å². The first-order valence-corrected chi connectivity index (χ1v) is 4.80. The standard InChI is InChI=1S/C10H23NO/c1-10(9-11(2)3)7-5-6-8-12-4/h10H,5-9H2,1-4H3. The van der Waals surface area contributed by atoms with Gasteiger partial charge in [-0.25, -0.2) is 0 Å². The Morgan fingerprint density at radius 2 is 1.92 bits per heavy atom. The Hall–Kier alpha value is -0.0800. The number of rotatable bonds is 7. The van der Waals surface area contributed by atoms with Crippen molar-refractivity contribution in [3.8, 4) is 0 Å². The minimum atomic E-state index is 0.817. The zero-order valence-electron chi connectivity index (χ0n) is 8.97. The highest BCUT2D eigenvalue weighted by molar-refractivity contribution is 4.56. The molecule has 12 heavy (non-hydrogen) atoms. The number of ether oxygens (including phenoxy) is 1. The lowest BCUT2D eigenvalue weighted by Crippen LogP contribution is -2.19. The SMILES string of the molecule is COCCCCC(C)CN(C)C. The van der Waals surface area contributed by atoms with Crippen molar-refractivity contribution in [1.29, 1.82) is 0 Å². The molecule has 0 saturated heterocycles. The van der Waals surface area contributed by atoms with Crippen LogP contribution >= 0.6 is 0 Å². The van der Waals surface area contributed by atoms with E-state index in [4.69, 9.17) is 4.74 Å². The van der Waals surface area contributed by atoms with Crippen LogP contribution in [0.5, 0.6) is 0 Å². The summed E-state index contributed by atoms with van der Waals surface area (Å²) in [5.74, 6) is 0.817. The van der Waals surface area contributed by atoms with Crippen LogP contribution in [0.25, 0.3) is 0 Å². The average molecular weight is 173 g/mol. The summed E-state index contributed by atoms with van der Waals surface area (Å²) in [6.07, 6.45) is 3.82. The molecule has 0 fully saturated rings. The van der Waals surface area contributed by atoms with E-state index in [1.54, 1.807) is 7.11 Å². The zero-order valence-corrected chi connectivity index (χ0v) is 8.97. The summed E-state index contributed by atoms with van der Waals surface area (Å²) in [5, 5.41) is 0. The maximum Gasteiger partial charge on any atom is 0.0462 e. The van der Waals surface area contributed by atoms with E-state index in [2.05, 4.69) is 25.9 Å². The second kappa shape index (κ2) is 7.56. The Kier molecular flexibility index (Phi) is 7.51.